The standard InChI is InChI=1S/C9H17NO/c1-7(6-11)8-4-2-3-5-9(8)10/h6-9H,2-5,10H2,1H3/t7-,8+,9+/m1/s1. The molecule has 0 aromatic rings. The summed E-state index contributed by atoms with van der Waals surface area (Å²) in [5, 5.41) is 0. The first-order valence-electron chi connectivity index (χ1n) is 4.46. The second kappa shape index (κ2) is 3.86. The van der Waals surface area contributed by atoms with E-state index in [-0.39, 0.29) is 12.0 Å². The SMILES string of the molecule is C[C@H](C=O)[C@@H]1CCCC[C@@H]1N. The molecule has 0 aromatic carbocycles. The minimum atomic E-state index is 0.158. The summed E-state index contributed by atoms with van der Waals surface area (Å²) in [5.41, 5.74) is 5.90. The third kappa shape index (κ3) is 2.03. The highest BCUT2D eigenvalue weighted by molar-refractivity contribution is 5.53. The lowest BCUT2D eigenvalue weighted by atomic mass is 9.78. The highest BCUT2D eigenvalue weighted by atomic mass is 16.1. The Labute approximate surface area is 68.2 Å². The van der Waals surface area contributed by atoms with Crippen molar-refractivity contribution in [3.8, 4) is 0 Å². The fourth-order valence-corrected chi connectivity index (χ4v) is 1.94. The number of rotatable bonds is 2. The summed E-state index contributed by atoms with van der Waals surface area (Å²) in [6.45, 7) is 1.98. The molecular formula is C9H17NO. The van der Waals surface area contributed by atoms with Crippen molar-refractivity contribution in [3.05, 3.63) is 0 Å². The highest BCUT2D eigenvalue weighted by Gasteiger charge is 2.26. The summed E-state index contributed by atoms with van der Waals surface area (Å²) >= 11 is 0. The van der Waals surface area contributed by atoms with Crippen LogP contribution in [0.4, 0.5) is 0 Å². The van der Waals surface area contributed by atoms with Crippen molar-refractivity contribution < 1.29 is 4.79 Å². The van der Waals surface area contributed by atoms with E-state index in [0.717, 1.165) is 19.1 Å². The van der Waals surface area contributed by atoms with Gasteiger partial charge in [0.2, 0.25) is 0 Å². The Morgan fingerprint density at radius 3 is 2.64 bits per heavy atom. The molecule has 1 rings (SSSR count). The van der Waals surface area contributed by atoms with Crippen LogP contribution >= 0.6 is 0 Å². The molecular weight excluding hydrogens is 138 g/mol. The van der Waals surface area contributed by atoms with Gasteiger partial charge in [0.1, 0.15) is 6.29 Å². The molecule has 11 heavy (non-hydrogen) atoms. The second-order valence-corrected chi connectivity index (χ2v) is 3.61. The predicted octanol–water partition coefficient (Wildman–Crippen LogP) is 1.34. The predicted molar refractivity (Wildman–Crippen MR) is 45.2 cm³/mol. The van der Waals surface area contributed by atoms with E-state index in [4.69, 9.17) is 5.73 Å². The molecule has 0 spiro atoms. The number of hydrogen-bond donors (Lipinski definition) is 1. The van der Waals surface area contributed by atoms with Crippen LogP contribution < -0.4 is 5.73 Å². The molecule has 1 aliphatic rings. The Kier molecular flexibility index (Phi) is 3.06. The van der Waals surface area contributed by atoms with Crippen molar-refractivity contribution in [3.63, 3.8) is 0 Å². The van der Waals surface area contributed by atoms with Crippen LogP contribution in [0.25, 0.3) is 0 Å². The second-order valence-electron chi connectivity index (χ2n) is 3.61. The summed E-state index contributed by atoms with van der Waals surface area (Å²) in [7, 11) is 0. The first-order valence-corrected chi connectivity index (χ1v) is 4.46. The van der Waals surface area contributed by atoms with Crippen LogP contribution in [0, 0.1) is 11.8 Å². The topological polar surface area (TPSA) is 43.1 Å². The first-order chi connectivity index (χ1) is 5.25. The molecule has 2 N–H and O–H groups in total. The third-order valence-electron chi connectivity index (χ3n) is 2.76. The number of carbonyl (C=O) groups excluding carboxylic acids is 1. The van der Waals surface area contributed by atoms with Crippen molar-refractivity contribution in [1.29, 1.82) is 0 Å². The minimum absolute atomic E-state index is 0.158. The fraction of sp³-hybridized carbons (Fsp3) is 0.889. The lowest BCUT2D eigenvalue weighted by Gasteiger charge is -2.30. The van der Waals surface area contributed by atoms with Crippen LogP contribution in [0.2, 0.25) is 0 Å². The van der Waals surface area contributed by atoms with Crippen LogP contribution in [-0.4, -0.2) is 12.3 Å². The Hall–Kier alpha value is -0.370. The number of hydrogen-bond acceptors (Lipinski definition) is 2. The molecule has 0 heterocycles. The molecule has 1 fully saturated rings. The lowest BCUT2D eigenvalue weighted by Crippen LogP contribution is -2.37. The van der Waals surface area contributed by atoms with E-state index in [1.807, 2.05) is 6.92 Å². The van der Waals surface area contributed by atoms with E-state index in [2.05, 4.69) is 0 Å². The van der Waals surface area contributed by atoms with E-state index in [0.29, 0.717) is 5.92 Å². The van der Waals surface area contributed by atoms with Crippen LogP contribution in [-0.2, 0) is 4.79 Å². The van der Waals surface area contributed by atoms with Crippen molar-refractivity contribution in [1.82, 2.24) is 0 Å². The van der Waals surface area contributed by atoms with Crippen LogP contribution in [0.15, 0.2) is 0 Å². The van der Waals surface area contributed by atoms with Gasteiger partial charge in [-0.1, -0.05) is 19.8 Å². The Balaban J connectivity index is 2.46. The highest BCUT2D eigenvalue weighted by Crippen LogP contribution is 2.27. The molecule has 1 aliphatic carbocycles. The van der Waals surface area contributed by atoms with Crippen LogP contribution in [0.1, 0.15) is 32.6 Å². The van der Waals surface area contributed by atoms with Gasteiger partial charge in [-0.15, -0.1) is 0 Å². The maximum absolute atomic E-state index is 10.5. The van der Waals surface area contributed by atoms with Gasteiger partial charge in [-0.2, -0.15) is 0 Å². The molecule has 64 valence electrons. The van der Waals surface area contributed by atoms with Gasteiger partial charge in [-0.05, 0) is 18.8 Å². The molecule has 3 atom stereocenters. The van der Waals surface area contributed by atoms with Crippen molar-refractivity contribution >= 4 is 6.29 Å². The molecule has 0 saturated heterocycles. The molecule has 0 bridgehead atoms. The molecule has 1 saturated carbocycles. The quantitative estimate of drug-likeness (QED) is 0.611. The van der Waals surface area contributed by atoms with Gasteiger partial charge in [0, 0.05) is 12.0 Å². The Bertz CT molecular complexity index is 136. The van der Waals surface area contributed by atoms with Gasteiger partial charge >= 0.3 is 0 Å². The smallest absolute Gasteiger partial charge is 0.123 e. The number of carbonyl (C=O) groups is 1. The maximum Gasteiger partial charge on any atom is 0.123 e. The molecule has 0 amide bonds. The van der Waals surface area contributed by atoms with Crippen molar-refractivity contribution in [2.24, 2.45) is 17.6 Å². The van der Waals surface area contributed by atoms with E-state index in [1.165, 1.54) is 12.8 Å². The first kappa shape index (κ1) is 8.72. The number of aldehydes is 1. The van der Waals surface area contributed by atoms with E-state index < -0.39 is 0 Å². The van der Waals surface area contributed by atoms with Gasteiger partial charge in [0.25, 0.3) is 0 Å². The zero-order valence-corrected chi connectivity index (χ0v) is 7.12. The van der Waals surface area contributed by atoms with Crippen LogP contribution in [0.3, 0.4) is 0 Å². The van der Waals surface area contributed by atoms with E-state index in [1.54, 1.807) is 0 Å². The normalized spacial score (nSPS) is 34.7. The Morgan fingerprint density at radius 1 is 1.45 bits per heavy atom. The summed E-state index contributed by atoms with van der Waals surface area (Å²) in [6, 6.07) is 0.268. The average Bonchev–Trinajstić information content (AvgIpc) is 2.04. The van der Waals surface area contributed by atoms with Gasteiger partial charge in [-0.25, -0.2) is 0 Å². The van der Waals surface area contributed by atoms with Crippen molar-refractivity contribution in [2.75, 3.05) is 0 Å². The van der Waals surface area contributed by atoms with Crippen LogP contribution in [0.5, 0.6) is 0 Å². The lowest BCUT2D eigenvalue weighted by molar-refractivity contribution is -0.112. The molecule has 0 aromatic heterocycles. The molecule has 0 radical (unpaired) electrons. The molecule has 2 nitrogen and oxygen atoms in total. The largest absolute Gasteiger partial charge is 0.327 e. The third-order valence-corrected chi connectivity index (χ3v) is 2.76. The van der Waals surface area contributed by atoms with Gasteiger partial charge in [0.05, 0.1) is 0 Å². The summed E-state index contributed by atoms with van der Waals surface area (Å²) in [4.78, 5) is 10.5. The van der Waals surface area contributed by atoms with E-state index in [9.17, 15) is 4.79 Å². The Morgan fingerprint density at radius 2 is 2.09 bits per heavy atom. The zero-order valence-electron chi connectivity index (χ0n) is 7.12. The molecule has 2 heteroatoms. The maximum atomic E-state index is 10.5. The summed E-state index contributed by atoms with van der Waals surface area (Å²) in [6.07, 6.45) is 5.76. The minimum Gasteiger partial charge on any atom is -0.327 e. The van der Waals surface area contributed by atoms with Crippen molar-refractivity contribution in [2.45, 2.75) is 38.6 Å². The summed E-state index contributed by atoms with van der Waals surface area (Å²) in [5.74, 6) is 0.603. The summed E-state index contributed by atoms with van der Waals surface area (Å²) < 4.78 is 0. The average molecular weight is 155 g/mol. The monoisotopic (exact) mass is 155 g/mol. The molecule has 0 aliphatic heterocycles. The fourth-order valence-electron chi connectivity index (χ4n) is 1.94. The van der Waals surface area contributed by atoms with Gasteiger partial charge in [-0.3, -0.25) is 0 Å². The van der Waals surface area contributed by atoms with E-state index >= 15 is 0 Å². The number of nitrogens with two attached hydrogens (primary N) is 1. The zero-order chi connectivity index (χ0) is 8.27. The molecule has 0 unspecified atom stereocenters. The van der Waals surface area contributed by atoms with Gasteiger partial charge in [0.15, 0.2) is 0 Å². The van der Waals surface area contributed by atoms with Gasteiger partial charge < -0.3 is 10.5 Å².